The summed E-state index contributed by atoms with van der Waals surface area (Å²) in [5.41, 5.74) is 3.80. The van der Waals surface area contributed by atoms with Crippen LogP contribution in [0.2, 0.25) is 5.02 Å². The van der Waals surface area contributed by atoms with Crippen molar-refractivity contribution in [1.29, 1.82) is 0 Å². The van der Waals surface area contributed by atoms with Gasteiger partial charge in [-0.05, 0) is 48.6 Å². The summed E-state index contributed by atoms with van der Waals surface area (Å²) >= 11 is 7.86. The highest BCUT2D eigenvalue weighted by atomic mass is 35.5. The summed E-state index contributed by atoms with van der Waals surface area (Å²) in [4.78, 5) is 17.8. The first-order valence-electron chi connectivity index (χ1n) is 11.7. The fraction of sp³-hybridized carbons (Fsp3) is 0.346. The molecule has 0 bridgehead atoms. The number of carbonyl (C=O) groups excluding carboxylic acids is 1. The van der Waals surface area contributed by atoms with Gasteiger partial charge in [0, 0.05) is 28.5 Å². The summed E-state index contributed by atoms with van der Waals surface area (Å²) in [6.07, 6.45) is 4.37. The average Bonchev–Trinajstić information content (AvgIpc) is 3.26. The van der Waals surface area contributed by atoms with Gasteiger partial charge in [0.25, 0.3) is 0 Å². The molecule has 8 heteroatoms. The molecule has 0 amide bonds. The Kier molecular flexibility index (Phi) is 6.92. The van der Waals surface area contributed by atoms with Crippen molar-refractivity contribution >= 4 is 35.1 Å². The third-order valence-corrected chi connectivity index (χ3v) is 7.38. The third kappa shape index (κ3) is 4.72. The molecule has 2 heterocycles. The molecule has 2 aliphatic rings. The predicted octanol–water partition coefficient (Wildman–Crippen LogP) is 6.42. The first-order valence-corrected chi connectivity index (χ1v) is 13.1. The van der Waals surface area contributed by atoms with Gasteiger partial charge in [-0.15, -0.1) is 5.10 Å². The summed E-state index contributed by atoms with van der Waals surface area (Å²) in [6.45, 7) is 2.85. The number of nitrogens with one attached hydrogen (secondary N) is 1. The Hall–Kier alpha value is -2.77. The van der Waals surface area contributed by atoms with E-state index in [2.05, 4.69) is 12.2 Å². The van der Waals surface area contributed by atoms with Crippen molar-refractivity contribution in [2.45, 2.75) is 56.0 Å². The van der Waals surface area contributed by atoms with E-state index in [1.54, 1.807) is 0 Å². The van der Waals surface area contributed by atoms with E-state index >= 15 is 0 Å². The molecule has 0 saturated heterocycles. The number of fused-ring (bicyclic) bond motifs is 1. The minimum Gasteiger partial charge on any atom is -0.494 e. The van der Waals surface area contributed by atoms with Gasteiger partial charge in [-0.2, -0.15) is 4.98 Å². The highest BCUT2D eigenvalue weighted by Crippen LogP contribution is 2.41. The summed E-state index contributed by atoms with van der Waals surface area (Å²) < 4.78 is 7.68. The van der Waals surface area contributed by atoms with Crippen LogP contribution in [0.5, 0.6) is 5.75 Å². The molecule has 5 rings (SSSR count). The molecule has 1 aliphatic carbocycles. The number of Topliss-reactive ketones (excluding diaryl/α,β-unsaturated/α-hetero) is 1. The first-order chi connectivity index (χ1) is 16.6. The minimum atomic E-state index is -0.300. The summed E-state index contributed by atoms with van der Waals surface area (Å²) in [5, 5.41) is 9.58. The van der Waals surface area contributed by atoms with Crippen LogP contribution >= 0.6 is 23.4 Å². The number of hydrogen-bond acceptors (Lipinski definition) is 6. The van der Waals surface area contributed by atoms with E-state index in [1.807, 2.05) is 53.2 Å². The number of unbranched alkanes of at least 4 members (excludes halogenated alkanes) is 1. The maximum atomic E-state index is 13.0. The van der Waals surface area contributed by atoms with Gasteiger partial charge >= 0.3 is 0 Å². The second-order valence-electron chi connectivity index (χ2n) is 8.51. The SMILES string of the molecule is CCCCOc1ccc(C2C3=C(CCCC3=O)Nc3nc(SCc4ccccc4Cl)nn32)cc1. The van der Waals surface area contributed by atoms with Crippen LogP contribution < -0.4 is 10.1 Å². The molecule has 2 aromatic carbocycles. The molecule has 176 valence electrons. The van der Waals surface area contributed by atoms with Crippen LogP contribution in [0.3, 0.4) is 0 Å². The van der Waals surface area contributed by atoms with Crippen LogP contribution in [-0.4, -0.2) is 27.2 Å². The lowest BCUT2D eigenvalue weighted by Crippen LogP contribution is -2.31. The molecule has 1 aromatic heterocycles. The number of benzene rings is 2. The van der Waals surface area contributed by atoms with Crippen LogP contribution in [-0.2, 0) is 10.5 Å². The summed E-state index contributed by atoms with van der Waals surface area (Å²) in [7, 11) is 0. The molecule has 1 atom stereocenters. The largest absolute Gasteiger partial charge is 0.494 e. The number of thioether (sulfide) groups is 1. The van der Waals surface area contributed by atoms with Gasteiger partial charge in [0.2, 0.25) is 11.1 Å². The van der Waals surface area contributed by atoms with E-state index in [1.165, 1.54) is 11.8 Å². The molecule has 6 nitrogen and oxygen atoms in total. The molecule has 1 N–H and O–H groups in total. The number of nitrogens with zero attached hydrogens (tertiary/aromatic N) is 3. The predicted molar refractivity (Wildman–Crippen MR) is 136 cm³/mol. The van der Waals surface area contributed by atoms with E-state index in [9.17, 15) is 4.79 Å². The number of hydrogen-bond donors (Lipinski definition) is 1. The van der Waals surface area contributed by atoms with Crippen LogP contribution in [0.1, 0.15) is 56.2 Å². The number of anilines is 1. The van der Waals surface area contributed by atoms with Crippen molar-refractivity contribution in [2.24, 2.45) is 0 Å². The zero-order valence-electron chi connectivity index (χ0n) is 19.1. The van der Waals surface area contributed by atoms with Crippen LogP contribution in [0.4, 0.5) is 5.95 Å². The Morgan fingerprint density at radius 1 is 1.18 bits per heavy atom. The van der Waals surface area contributed by atoms with Gasteiger partial charge < -0.3 is 10.1 Å². The lowest BCUT2D eigenvalue weighted by molar-refractivity contribution is -0.116. The van der Waals surface area contributed by atoms with Gasteiger partial charge in [-0.3, -0.25) is 4.79 Å². The summed E-state index contributed by atoms with van der Waals surface area (Å²) in [5.74, 6) is 2.35. The van der Waals surface area contributed by atoms with Crippen molar-refractivity contribution in [3.8, 4) is 5.75 Å². The topological polar surface area (TPSA) is 69.0 Å². The maximum Gasteiger partial charge on any atom is 0.227 e. The number of carbonyl (C=O) groups is 1. The zero-order chi connectivity index (χ0) is 23.5. The molecule has 1 aliphatic heterocycles. The number of aromatic nitrogens is 3. The van der Waals surface area contributed by atoms with E-state index in [0.29, 0.717) is 29.9 Å². The summed E-state index contributed by atoms with van der Waals surface area (Å²) in [6, 6.07) is 15.5. The van der Waals surface area contributed by atoms with Gasteiger partial charge in [-0.25, -0.2) is 4.68 Å². The first kappa shape index (κ1) is 23.0. The van der Waals surface area contributed by atoms with Crippen LogP contribution in [0.15, 0.2) is 65.0 Å². The minimum absolute atomic E-state index is 0.174. The van der Waals surface area contributed by atoms with Gasteiger partial charge in [0.1, 0.15) is 11.8 Å². The molecule has 3 aromatic rings. The Balaban J connectivity index is 1.44. The number of allylic oxidation sites excluding steroid dienone is 2. The molecule has 0 fully saturated rings. The number of halogens is 1. The van der Waals surface area contributed by atoms with Gasteiger partial charge in [0.05, 0.1) is 6.61 Å². The molecule has 0 saturated carbocycles. The third-order valence-electron chi connectivity index (χ3n) is 6.13. The fourth-order valence-corrected chi connectivity index (χ4v) is 5.46. The van der Waals surface area contributed by atoms with Crippen LogP contribution in [0, 0.1) is 0 Å². The lowest BCUT2D eigenvalue weighted by atomic mass is 9.85. The molecule has 34 heavy (non-hydrogen) atoms. The fourth-order valence-electron chi connectivity index (χ4n) is 4.34. The van der Waals surface area contributed by atoms with Gasteiger partial charge in [0.15, 0.2) is 5.78 Å². The van der Waals surface area contributed by atoms with E-state index in [0.717, 1.165) is 58.9 Å². The average molecular weight is 495 g/mol. The highest BCUT2D eigenvalue weighted by molar-refractivity contribution is 7.98. The Morgan fingerprint density at radius 3 is 2.79 bits per heavy atom. The van der Waals surface area contributed by atoms with Crippen LogP contribution in [0.25, 0.3) is 0 Å². The van der Waals surface area contributed by atoms with E-state index in [-0.39, 0.29) is 11.8 Å². The smallest absolute Gasteiger partial charge is 0.227 e. The highest BCUT2D eigenvalue weighted by Gasteiger charge is 2.36. The van der Waals surface area contributed by atoms with E-state index in [4.69, 9.17) is 26.4 Å². The molecule has 1 unspecified atom stereocenters. The Labute approximate surface area is 208 Å². The van der Waals surface area contributed by atoms with Crippen molar-refractivity contribution in [3.63, 3.8) is 0 Å². The van der Waals surface area contributed by atoms with Gasteiger partial charge in [-0.1, -0.05) is 67.0 Å². The molecular formula is C26H27ClN4O2S. The normalized spacial score (nSPS) is 17.2. The number of ketones is 1. The van der Waals surface area contributed by atoms with Crippen molar-refractivity contribution in [2.75, 3.05) is 11.9 Å². The Bertz CT molecular complexity index is 1220. The monoisotopic (exact) mass is 494 g/mol. The second kappa shape index (κ2) is 10.2. The molecule has 0 radical (unpaired) electrons. The van der Waals surface area contributed by atoms with Crippen molar-refractivity contribution in [3.05, 3.63) is 76.0 Å². The van der Waals surface area contributed by atoms with Crippen molar-refractivity contribution in [1.82, 2.24) is 14.8 Å². The van der Waals surface area contributed by atoms with E-state index < -0.39 is 0 Å². The standard InChI is InChI=1S/C26H27ClN4O2S/c1-2-3-15-33-19-13-11-17(12-14-19)24-23-21(9-6-10-22(23)32)28-25-29-26(30-31(24)25)34-16-18-7-4-5-8-20(18)27/h4-5,7-8,11-14,24H,2-3,6,9-10,15-16H2,1H3,(H,28,29,30). The maximum absolute atomic E-state index is 13.0. The Morgan fingerprint density at radius 2 is 2.00 bits per heavy atom. The second-order valence-corrected chi connectivity index (χ2v) is 9.86. The van der Waals surface area contributed by atoms with Crippen molar-refractivity contribution < 1.29 is 9.53 Å². The zero-order valence-corrected chi connectivity index (χ0v) is 20.7. The molecular weight excluding hydrogens is 468 g/mol. The number of ether oxygens (including phenoxy) is 1. The lowest BCUT2D eigenvalue weighted by Gasteiger charge is -2.32. The molecule has 0 spiro atoms. The number of rotatable bonds is 8. The quantitative estimate of drug-likeness (QED) is 0.287.